The smallest absolute Gasteiger partial charge is 0.314 e. The van der Waals surface area contributed by atoms with Crippen LogP contribution in [0.25, 0.3) is 0 Å². The molecular weight excluding hydrogens is 530 g/mol. The van der Waals surface area contributed by atoms with Crippen LogP contribution in [0.1, 0.15) is 46.6 Å². The van der Waals surface area contributed by atoms with Crippen molar-refractivity contribution in [3.05, 3.63) is 38.9 Å². The molecule has 11 nitrogen and oxygen atoms in total. The molecule has 4 rings (SSSR count). The van der Waals surface area contributed by atoms with Crippen molar-refractivity contribution in [3.63, 3.8) is 0 Å². The molecule has 1 aliphatic heterocycles. The lowest BCUT2D eigenvalue weighted by Gasteiger charge is -2.37. The summed E-state index contributed by atoms with van der Waals surface area (Å²) in [6.07, 6.45) is 3.44. The number of anilines is 1. The summed E-state index contributed by atoms with van der Waals surface area (Å²) in [6, 6.07) is 1.95. The maximum absolute atomic E-state index is 13.2. The average Bonchev–Trinajstić information content (AvgIpc) is 3.33. The van der Waals surface area contributed by atoms with E-state index in [4.69, 9.17) is 11.6 Å². The lowest BCUT2D eigenvalue weighted by Crippen LogP contribution is -2.57. The van der Waals surface area contributed by atoms with Crippen molar-refractivity contribution in [2.24, 2.45) is 5.92 Å². The molecule has 2 aliphatic rings. The van der Waals surface area contributed by atoms with Gasteiger partial charge in [-0.1, -0.05) is 11.6 Å². The first-order chi connectivity index (χ1) is 18.1. The summed E-state index contributed by atoms with van der Waals surface area (Å²) in [4.78, 5) is 64.8. The van der Waals surface area contributed by atoms with Gasteiger partial charge in [0, 0.05) is 56.1 Å². The third-order valence-corrected chi connectivity index (χ3v) is 8.28. The highest BCUT2D eigenvalue weighted by molar-refractivity contribution is 7.13. The van der Waals surface area contributed by atoms with Gasteiger partial charge in [-0.25, -0.2) is 9.97 Å². The fourth-order valence-corrected chi connectivity index (χ4v) is 5.90. The Hall–Kier alpha value is -3.09. The number of pyridine rings is 1. The van der Waals surface area contributed by atoms with E-state index in [-0.39, 0.29) is 23.6 Å². The van der Waals surface area contributed by atoms with Crippen molar-refractivity contribution >= 4 is 52.4 Å². The Morgan fingerprint density at radius 1 is 1.16 bits per heavy atom. The van der Waals surface area contributed by atoms with Crippen molar-refractivity contribution in [3.8, 4) is 0 Å². The summed E-state index contributed by atoms with van der Waals surface area (Å²) >= 11 is 7.18. The topological polar surface area (TPSA) is 137 Å². The zero-order valence-corrected chi connectivity index (χ0v) is 23.2. The summed E-state index contributed by atoms with van der Waals surface area (Å²) in [5.41, 5.74) is 0.942. The van der Waals surface area contributed by atoms with Crippen LogP contribution in [0, 0.1) is 5.92 Å². The number of fused-ring (bicyclic) bond motifs is 1. The van der Waals surface area contributed by atoms with E-state index in [1.165, 1.54) is 23.6 Å². The minimum atomic E-state index is -0.884. The second-order valence-electron chi connectivity index (χ2n) is 9.71. The summed E-state index contributed by atoms with van der Waals surface area (Å²) < 4.78 is 0. The number of likely N-dealkylation sites (N-methyl/N-ethyl adjacent to an activating group) is 1. The van der Waals surface area contributed by atoms with E-state index in [0.717, 1.165) is 30.1 Å². The summed E-state index contributed by atoms with van der Waals surface area (Å²) in [5, 5.41) is 8.95. The first kappa shape index (κ1) is 27.9. The van der Waals surface area contributed by atoms with Gasteiger partial charge in [0.25, 0.3) is 5.91 Å². The molecule has 2 aromatic rings. The minimum absolute atomic E-state index is 0.00386. The lowest BCUT2D eigenvalue weighted by atomic mass is 9.81. The molecule has 4 amide bonds. The van der Waals surface area contributed by atoms with Gasteiger partial charge >= 0.3 is 11.8 Å². The highest BCUT2D eigenvalue weighted by atomic mass is 35.5. The number of hydrogen-bond donors (Lipinski definition) is 3. The number of rotatable bonds is 6. The van der Waals surface area contributed by atoms with E-state index in [1.807, 2.05) is 14.0 Å². The fraction of sp³-hybridized carbons (Fsp3) is 0.520. The van der Waals surface area contributed by atoms with E-state index < -0.39 is 23.9 Å². The van der Waals surface area contributed by atoms with Crippen molar-refractivity contribution in [2.45, 2.75) is 51.2 Å². The number of amides is 4. The Labute approximate surface area is 230 Å². The highest BCUT2D eigenvalue weighted by Gasteiger charge is 2.38. The number of nitrogens with zero attached hydrogens (tertiary/aromatic N) is 4. The Kier molecular flexibility index (Phi) is 8.95. The van der Waals surface area contributed by atoms with E-state index >= 15 is 0 Å². The largest absolute Gasteiger partial charge is 0.346 e. The molecule has 1 unspecified atom stereocenters. The van der Waals surface area contributed by atoms with Gasteiger partial charge in [-0.15, -0.1) is 11.3 Å². The SMILES string of the molecule is CCN(C)C(=O)C1CC[C@H](NC(=O)C(=O)Nc2ccc(Cl)cn2)[C@H](NC(=O)c2nc3c(s2)CN(C)CC3)C1. The van der Waals surface area contributed by atoms with Crippen LogP contribution >= 0.6 is 22.9 Å². The quantitative estimate of drug-likeness (QED) is 0.456. The third-order valence-electron chi connectivity index (χ3n) is 6.97. The predicted molar refractivity (Wildman–Crippen MR) is 144 cm³/mol. The number of halogens is 1. The van der Waals surface area contributed by atoms with Gasteiger partial charge in [-0.2, -0.15) is 0 Å². The van der Waals surface area contributed by atoms with E-state index in [2.05, 4.69) is 30.8 Å². The van der Waals surface area contributed by atoms with Crippen molar-refractivity contribution in [2.75, 3.05) is 32.5 Å². The maximum Gasteiger partial charge on any atom is 0.314 e. The molecule has 13 heteroatoms. The standard InChI is InChI=1S/C25H32ClN7O4S/c1-4-33(3)25(37)14-5-7-16(28-21(34)22(35)31-20-8-6-15(26)12-27-20)18(11-14)29-23(36)24-30-17-9-10-32(2)13-19(17)38-24/h6,8,12,14,16,18H,4-5,7,9-11,13H2,1-3H3,(H,28,34)(H,29,36)(H,27,31,35)/t14?,16-,18+/m0/s1. The minimum Gasteiger partial charge on any atom is -0.346 e. The first-order valence-corrected chi connectivity index (χ1v) is 13.8. The van der Waals surface area contributed by atoms with Gasteiger partial charge < -0.3 is 25.8 Å². The van der Waals surface area contributed by atoms with Crippen LogP contribution in [0.5, 0.6) is 0 Å². The van der Waals surface area contributed by atoms with Crippen LogP contribution in [-0.2, 0) is 27.3 Å². The number of carbonyl (C=O) groups excluding carboxylic acids is 4. The molecule has 3 heterocycles. The molecule has 0 bridgehead atoms. The molecule has 204 valence electrons. The van der Waals surface area contributed by atoms with E-state index in [1.54, 1.807) is 18.0 Å². The van der Waals surface area contributed by atoms with Crippen LogP contribution in [0.2, 0.25) is 5.02 Å². The van der Waals surface area contributed by atoms with Crippen molar-refractivity contribution < 1.29 is 19.2 Å². The molecule has 0 saturated heterocycles. The normalized spacial score (nSPS) is 21.2. The summed E-state index contributed by atoms with van der Waals surface area (Å²) in [7, 11) is 3.78. The number of aromatic nitrogens is 2. The molecule has 1 fully saturated rings. The van der Waals surface area contributed by atoms with Gasteiger partial charge in [0.2, 0.25) is 5.91 Å². The Balaban J connectivity index is 1.46. The van der Waals surface area contributed by atoms with Gasteiger partial charge in [0.05, 0.1) is 16.8 Å². The summed E-state index contributed by atoms with van der Waals surface area (Å²) in [5.74, 6) is -2.20. The van der Waals surface area contributed by atoms with Crippen LogP contribution in [0.3, 0.4) is 0 Å². The number of thiazole rings is 1. The molecule has 0 spiro atoms. The maximum atomic E-state index is 13.2. The van der Waals surface area contributed by atoms with Gasteiger partial charge in [-0.05, 0) is 45.4 Å². The molecule has 3 atom stereocenters. The fourth-order valence-electron chi connectivity index (χ4n) is 4.70. The molecule has 38 heavy (non-hydrogen) atoms. The second kappa shape index (κ2) is 12.2. The van der Waals surface area contributed by atoms with E-state index in [9.17, 15) is 19.2 Å². The Morgan fingerprint density at radius 3 is 2.66 bits per heavy atom. The zero-order valence-electron chi connectivity index (χ0n) is 21.6. The van der Waals surface area contributed by atoms with Crippen LogP contribution in [-0.4, -0.2) is 82.7 Å². The van der Waals surface area contributed by atoms with E-state index in [0.29, 0.717) is 35.8 Å². The molecule has 1 saturated carbocycles. The van der Waals surface area contributed by atoms with Gasteiger partial charge in [0.1, 0.15) is 5.82 Å². The van der Waals surface area contributed by atoms with Crippen molar-refractivity contribution in [1.29, 1.82) is 0 Å². The van der Waals surface area contributed by atoms with Crippen LogP contribution in [0.4, 0.5) is 5.82 Å². The molecule has 2 aromatic heterocycles. The van der Waals surface area contributed by atoms with Crippen LogP contribution < -0.4 is 16.0 Å². The Bertz CT molecular complexity index is 1200. The molecule has 0 radical (unpaired) electrons. The highest BCUT2D eigenvalue weighted by Crippen LogP contribution is 2.28. The molecule has 3 N–H and O–H groups in total. The van der Waals surface area contributed by atoms with Crippen molar-refractivity contribution in [1.82, 2.24) is 30.4 Å². The number of nitrogens with one attached hydrogen (secondary N) is 3. The van der Waals surface area contributed by atoms with Crippen LogP contribution in [0.15, 0.2) is 18.3 Å². The molecular formula is C25H32ClN7O4S. The predicted octanol–water partition coefficient (Wildman–Crippen LogP) is 1.68. The third kappa shape index (κ3) is 6.66. The van der Waals surface area contributed by atoms with Gasteiger partial charge in [-0.3, -0.25) is 19.2 Å². The average molecular weight is 562 g/mol. The molecule has 1 aliphatic carbocycles. The first-order valence-electron chi connectivity index (χ1n) is 12.6. The number of carbonyl (C=O) groups is 4. The zero-order chi connectivity index (χ0) is 27.4. The monoisotopic (exact) mass is 561 g/mol. The molecule has 0 aromatic carbocycles. The second-order valence-corrected chi connectivity index (χ2v) is 11.2. The lowest BCUT2D eigenvalue weighted by molar-refractivity contribution is -0.137. The number of hydrogen-bond acceptors (Lipinski definition) is 8. The summed E-state index contributed by atoms with van der Waals surface area (Å²) in [6.45, 7) is 4.11. The van der Waals surface area contributed by atoms with Gasteiger partial charge in [0.15, 0.2) is 5.01 Å². The Morgan fingerprint density at radius 2 is 1.95 bits per heavy atom.